The molecule has 1 aromatic rings. The monoisotopic (exact) mass is 328 g/mol. The zero-order valence-electron chi connectivity index (χ0n) is 10.8. The van der Waals surface area contributed by atoms with Gasteiger partial charge in [-0.3, -0.25) is 0 Å². The van der Waals surface area contributed by atoms with Crippen LogP contribution in [0.4, 0.5) is 0 Å². The third-order valence-corrected chi connectivity index (χ3v) is 5.81. The van der Waals surface area contributed by atoms with E-state index in [4.69, 9.17) is 0 Å². The van der Waals surface area contributed by atoms with E-state index in [-0.39, 0.29) is 0 Å². The summed E-state index contributed by atoms with van der Waals surface area (Å²) in [6.45, 7) is 4.97. The lowest BCUT2D eigenvalue weighted by molar-refractivity contribution is 0.322. The molecule has 4 heteroatoms. The summed E-state index contributed by atoms with van der Waals surface area (Å²) in [6, 6.07) is 2.92. The van der Waals surface area contributed by atoms with Crippen molar-refractivity contribution in [2.45, 2.75) is 38.1 Å². The first-order chi connectivity index (χ1) is 8.83. The van der Waals surface area contributed by atoms with E-state index in [9.17, 15) is 0 Å². The van der Waals surface area contributed by atoms with Gasteiger partial charge in [0.05, 0.1) is 3.79 Å². The molecule has 1 aromatic heterocycles. The topological polar surface area (TPSA) is 15.3 Å². The van der Waals surface area contributed by atoms with E-state index < -0.39 is 0 Å². The first-order valence-corrected chi connectivity index (χ1v) is 8.68. The second kappa shape index (κ2) is 6.04. The number of fused-ring (bicyclic) bond motifs is 1. The van der Waals surface area contributed by atoms with Crippen molar-refractivity contribution in [3.05, 3.63) is 20.3 Å². The number of aryl methyl sites for hydroxylation is 1. The molecule has 1 aliphatic heterocycles. The highest BCUT2D eigenvalue weighted by molar-refractivity contribution is 9.11. The molecule has 1 N–H and O–H groups in total. The summed E-state index contributed by atoms with van der Waals surface area (Å²) >= 11 is 5.54. The maximum Gasteiger partial charge on any atom is 0.0704 e. The molecule has 2 aliphatic rings. The zero-order valence-corrected chi connectivity index (χ0v) is 13.2. The average Bonchev–Trinajstić information content (AvgIpc) is 2.97. The van der Waals surface area contributed by atoms with Crippen molar-refractivity contribution in [1.29, 1.82) is 0 Å². The van der Waals surface area contributed by atoms with E-state index in [1.807, 2.05) is 11.3 Å². The van der Waals surface area contributed by atoms with Crippen LogP contribution in [0.2, 0.25) is 0 Å². The predicted octanol–water partition coefficient (Wildman–Crippen LogP) is 3.57. The SMILES string of the molecule is Brc1cc2c(s1)CCCC2NCCN1CCCC1. The summed E-state index contributed by atoms with van der Waals surface area (Å²) in [4.78, 5) is 4.17. The standard InChI is InChI=1S/C14H21BrN2S/c15-14-10-11-12(4-3-5-13(11)18-14)16-6-9-17-7-1-2-8-17/h10,12,16H,1-9H2. The van der Waals surface area contributed by atoms with Crippen LogP contribution in [0.5, 0.6) is 0 Å². The fourth-order valence-electron chi connectivity index (χ4n) is 3.14. The summed E-state index contributed by atoms with van der Waals surface area (Å²) in [5.41, 5.74) is 1.56. The Morgan fingerprint density at radius 2 is 2.17 bits per heavy atom. The van der Waals surface area contributed by atoms with Crippen LogP contribution in [0.15, 0.2) is 9.85 Å². The van der Waals surface area contributed by atoms with Gasteiger partial charge >= 0.3 is 0 Å². The number of nitrogens with zero attached hydrogens (tertiary/aromatic N) is 1. The number of rotatable bonds is 4. The zero-order chi connectivity index (χ0) is 12.4. The van der Waals surface area contributed by atoms with Gasteiger partial charge in [-0.05, 0) is 72.8 Å². The van der Waals surface area contributed by atoms with Crippen LogP contribution in [0.25, 0.3) is 0 Å². The molecule has 1 atom stereocenters. The van der Waals surface area contributed by atoms with Gasteiger partial charge in [0, 0.05) is 24.0 Å². The second-order valence-corrected chi connectivity index (χ2v) is 7.89. The average molecular weight is 329 g/mol. The Kier molecular flexibility index (Phi) is 4.39. The number of likely N-dealkylation sites (tertiary alicyclic amines) is 1. The summed E-state index contributed by atoms with van der Waals surface area (Å²) in [6.07, 6.45) is 6.70. The Bertz CT molecular complexity index is 398. The van der Waals surface area contributed by atoms with E-state index in [2.05, 4.69) is 32.2 Å². The molecule has 1 aliphatic carbocycles. The van der Waals surface area contributed by atoms with Gasteiger partial charge in [0.25, 0.3) is 0 Å². The molecule has 2 nitrogen and oxygen atoms in total. The fraction of sp³-hybridized carbons (Fsp3) is 0.714. The molecule has 0 bridgehead atoms. The molecule has 1 saturated heterocycles. The molecule has 0 saturated carbocycles. The Morgan fingerprint density at radius 3 is 3.00 bits per heavy atom. The van der Waals surface area contributed by atoms with Gasteiger partial charge in [-0.1, -0.05) is 0 Å². The normalized spacial score (nSPS) is 24.4. The number of hydrogen-bond donors (Lipinski definition) is 1. The van der Waals surface area contributed by atoms with E-state index in [0.717, 1.165) is 6.54 Å². The van der Waals surface area contributed by atoms with Gasteiger partial charge in [0.15, 0.2) is 0 Å². The van der Waals surface area contributed by atoms with Crippen molar-refractivity contribution in [1.82, 2.24) is 10.2 Å². The largest absolute Gasteiger partial charge is 0.309 e. The van der Waals surface area contributed by atoms with Crippen molar-refractivity contribution in [3.8, 4) is 0 Å². The van der Waals surface area contributed by atoms with Crippen molar-refractivity contribution in [2.24, 2.45) is 0 Å². The fourth-order valence-corrected chi connectivity index (χ4v) is 4.96. The molecule has 0 amide bonds. The summed E-state index contributed by atoms with van der Waals surface area (Å²) in [5, 5.41) is 3.76. The summed E-state index contributed by atoms with van der Waals surface area (Å²) < 4.78 is 1.29. The van der Waals surface area contributed by atoms with Gasteiger partial charge in [-0.2, -0.15) is 0 Å². The Balaban J connectivity index is 1.53. The first-order valence-electron chi connectivity index (χ1n) is 7.07. The van der Waals surface area contributed by atoms with E-state index in [1.165, 1.54) is 55.5 Å². The van der Waals surface area contributed by atoms with Gasteiger partial charge < -0.3 is 10.2 Å². The lowest BCUT2D eigenvalue weighted by atomic mass is 9.94. The molecule has 2 heterocycles. The maximum atomic E-state index is 3.76. The van der Waals surface area contributed by atoms with Crippen molar-refractivity contribution >= 4 is 27.3 Å². The lowest BCUT2D eigenvalue weighted by Crippen LogP contribution is -2.33. The van der Waals surface area contributed by atoms with E-state index in [1.54, 1.807) is 10.4 Å². The number of halogens is 1. The van der Waals surface area contributed by atoms with Crippen LogP contribution >= 0.6 is 27.3 Å². The van der Waals surface area contributed by atoms with E-state index >= 15 is 0 Å². The molecule has 1 fully saturated rings. The molecule has 1 unspecified atom stereocenters. The summed E-state index contributed by atoms with van der Waals surface area (Å²) in [7, 11) is 0. The van der Waals surface area contributed by atoms with Crippen LogP contribution in [-0.2, 0) is 6.42 Å². The molecule has 0 radical (unpaired) electrons. The highest BCUT2D eigenvalue weighted by Crippen LogP contribution is 2.37. The molecule has 0 spiro atoms. The quantitative estimate of drug-likeness (QED) is 0.908. The molecule has 18 heavy (non-hydrogen) atoms. The Hall–Kier alpha value is 0.1000. The Labute approximate surface area is 122 Å². The predicted molar refractivity (Wildman–Crippen MR) is 81.4 cm³/mol. The number of thiophene rings is 1. The Morgan fingerprint density at radius 1 is 1.33 bits per heavy atom. The molecule has 100 valence electrons. The second-order valence-electron chi connectivity index (χ2n) is 5.38. The highest BCUT2D eigenvalue weighted by Gasteiger charge is 2.22. The number of nitrogens with one attached hydrogen (secondary N) is 1. The lowest BCUT2D eigenvalue weighted by Gasteiger charge is -2.25. The molecular formula is C14H21BrN2S. The first kappa shape index (κ1) is 13.1. The molecule has 0 aromatic carbocycles. The van der Waals surface area contributed by atoms with E-state index in [0.29, 0.717) is 6.04 Å². The van der Waals surface area contributed by atoms with Crippen LogP contribution in [0, 0.1) is 0 Å². The third kappa shape index (κ3) is 2.98. The maximum absolute atomic E-state index is 3.76. The van der Waals surface area contributed by atoms with Crippen molar-refractivity contribution in [2.75, 3.05) is 26.2 Å². The van der Waals surface area contributed by atoms with Crippen molar-refractivity contribution < 1.29 is 0 Å². The minimum atomic E-state index is 0.596. The van der Waals surface area contributed by atoms with Gasteiger partial charge in [0.2, 0.25) is 0 Å². The highest BCUT2D eigenvalue weighted by atomic mass is 79.9. The number of hydrogen-bond acceptors (Lipinski definition) is 3. The minimum Gasteiger partial charge on any atom is -0.309 e. The summed E-state index contributed by atoms with van der Waals surface area (Å²) in [5.74, 6) is 0. The minimum absolute atomic E-state index is 0.596. The van der Waals surface area contributed by atoms with Gasteiger partial charge in [-0.25, -0.2) is 0 Å². The van der Waals surface area contributed by atoms with Crippen LogP contribution in [-0.4, -0.2) is 31.1 Å². The van der Waals surface area contributed by atoms with Gasteiger partial charge in [-0.15, -0.1) is 11.3 Å². The van der Waals surface area contributed by atoms with Crippen LogP contribution < -0.4 is 5.32 Å². The molecular weight excluding hydrogens is 308 g/mol. The van der Waals surface area contributed by atoms with Crippen LogP contribution in [0.1, 0.15) is 42.2 Å². The smallest absolute Gasteiger partial charge is 0.0704 e. The van der Waals surface area contributed by atoms with Gasteiger partial charge in [0.1, 0.15) is 0 Å². The molecule has 3 rings (SSSR count). The van der Waals surface area contributed by atoms with Crippen molar-refractivity contribution in [3.63, 3.8) is 0 Å². The van der Waals surface area contributed by atoms with Crippen LogP contribution in [0.3, 0.4) is 0 Å². The third-order valence-electron chi connectivity index (χ3n) is 4.10.